The van der Waals surface area contributed by atoms with Crippen LogP contribution in [0.1, 0.15) is 40.0 Å². The number of alkyl halides is 1. The number of carbonyl (C=O) groups excluding carboxylic acids is 1. The molecule has 2 aliphatic rings. The van der Waals surface area contributed by atoms with Gasteiger partial charge in [-0.05, 0) is 46.0 Å². The molecule has 0 aromatic carbocycles. The molecule has 1 aliphatic heterocycles. The molecule has 1 saturated carbocycles. The second kappa shape index (κ2) is 4.45. The third-order valence-corrected chi connectivity index (χ3v) is 4.12. The zero-order valence-corrected chi connectivity index (χ0v) is 12.5. The van der Waals surface area contributed by atoms with Gasteiger partial charge in [-0.25, -0.2) is 4.79 Å². The van der Waals surface area contributed by atoms with Crippen molar-refractivity contribution in [3.8, 4) is 0 Å². The van der Waals surface area contributed by atoms with Crippen molar-refractivity contribution in [3.63, 3.8) is 0 Å². The van der Waals surface area contributed by atoms with Gasteiger partial charge in [0.15, 0.2) is 0 Å². The molecule has 3 nitrogen and oxygen atoms in total. The third kappa shape index (κ3) is 2.95. The van der Waals surface area contributed by atoms with Crippen LogP contribution in [-0.4, -0.2) is 35.0 Å². The number of amides is 1. The van der Waals surface area contributed by atoms with E-state index in [4.69, 9.17) is 4.74 Å². The minimum atomic E-state index is -0.377. The number of ether oxygens (including phenoxy) is 1. The van der Waals surface area contributed by atoms with Crippen LogP contribution >= 0.6 is 15.9 Å². The van der Waals surface area contributed by atoms with Gasteiger partial charge in [-0.1, -0.05) is 15.9 Å². The molecule has 0 atom stereocenters. The van der Waals surface area contributed by atoms with Crippen molar-refractivity contribution in [2.24, 2.45) is 11.3 Å². The first-order chi connectivity index (χ1) is 7.84. The minimum absolute atomic E-state index is 0.146. The van der Waals surface area contributed by atoms with E-state index in [1.807, 2.05) is 25.7 Å². The van der Waals surface area contributed by atoms with Crippen molar-refractivity contribution in [2.75, 3.05) is 18.4 Å². The highest BCUT2D eigenvalue weighted by atomic mass is 79.9. The summed E-state index contributed by atoms with van der Waals surface area (Å²) in [6.07, 6.45) is 3.70. The fourth-order valence-electron chi connectivity index (χ4n) is 3.00. The summed E-state index contributed by atoms with van der Waals surface area (Å²) in [5.41, 5.74) is 0.0711. The maximum absolute atomic E-state index is 11.8. The first-order valence-corrected chi connectivity index (χ1v) is 7.50. The lowest BCUT2D eigenvalue weighted by molar-refractivity contribution is -0.0952. The Morgan fingerprint density at radius 1 is 1.41 bits per heavy atom. The van der Waals surface area contributed by atoms with Crippen LogP contribution < -0.4 is 0 Å². The lowest BCUT2D eigenvalue weighted by Crippen LogP contribution is -2.64. The molecule has 2 rings (SSSR count). The molecule has 1 aliphatic carbocycles. The van der Waals surface area contributed by atoms with Gasteiger partial charge >= 0.3 is 6.09 Å². The Kier molecular flexibility index (Phi) is 3.45. The monoisotopic (exact) mass is 303 g/mol. The van der Waals surface area contributed by atoms with Crippen LogP contribution in [0.15, 0.2) is 0 Å². The number of rotatable bonds is 2. The molecule has 17 heavy (non-hydrogen) atoms. The average Bonchev–Trinajstić information content (AvgIpc) is 2.03. The van der Waals surface area contributed by atoms with Crippen LogP contribution in [-0.2, 0) is 4.74 Å². The lowest BCUT2D eigenvalue weighted by Gasteiger charge is -2.58. The molecule has 0 radical (unpaired) electrons. The number of nitrogens with zero attached hydrogens (tertiary/aromatic N) is 1. The Morgan fingerprint density at radius 2 is 2.00 bits per heavy atom. The van der Waals surface area contributed by atoms with E-state index < -0.39 is 0 Å². The zero-order chi connectivity index (χ0) is 12.7. The third-order valence-electron chi connectivity index (χ3n) is 3.66. The van der Waals surface area contributed by atoms with Gasteiger partial charge in [0, 0.05) is 23.8 Å². The van der Waals surface area contributed by atoms with Gasteiger partial charge in [-0.15, -0.1) is 0 Å². The van der Waals surface area contributed by atoms with Crippen molar-refractivity contribution >= 4 is 22.0 Å². The molecule has 98 valence electrons. The van der Waals surface area contributed by atoms with Crippen LogP contribution in [0, 0.1) is 11.3 Å². The van der Waals surface area contributed by atoms with Crippen LogP contribution in [0.3, 0.4) is 0 Å². The molecule has 1 spiro atoms. The molecule has 0 unspecified atom stereocenters. The Labute approximate surface area is 112 Å². The number of hydrogen-bond acceptors (Lipinski definition) is 2. The number of hydrogen-bond donors (Lipinski definition) is 0. The summed E-state index contributed by atoms with van der Waals surface area (Å²) in [7, 11) is 0. The standard InChI is InChI=1S/C13H22BrNO2/c1-12(2,3)17-11(16)15-8-13(9-15)6-10(7-13)4-5-14/h10H,4-9H2,1-3H3. The Balaban J connectivity index is 1.71. The summed E-state index contributed by atoms with van der Waals surface area (Å²) >= 11 is 3.49. The SMILES string of the molecule is CC(C)(C)OC(=O)N1CC2(CC(CCBr)C2)C1. The molecule has 2 fully saturated rings. The van der Waals surface area contributed by atoms with Crippen molar-refractivity contribution in [1.82, 2.24) is 4.90 Å². The van der Waals surface area contributed by atoms with E-state index >= 15 is 0 Å². The lowest BCUT2D eigenvalue weighted by atomic mass is 9.57. The Morgan fingerprint density at radius 3 is 2.47 bits per heavy atom. The van der Waals surface area contributed by atoms with Crippen molar-refractivity contribution in [3.05, 3.63) is 0 Å². The molecule has 4 heteroatoms. The summed E-state index contributed by atoms with van der Waals surface area (Å²) in [5.74, 6) is 0.871. The smallest absolute Gasteiger partial charge is 0.410 e. The highest BCUT2D eigenvalue weighted by molar-refractivity contribution is 9.09. The first kappa shape index (κ1) is 13.2. The van der Waals surface area contributed by atoms with Crippen LogP contribution in [0.2, 0.25) is 0 Å². The maximum Gasteiger partial charge on any atom is 0.410 e. The average molecular weight is 304 g/mol. The second-order valence-corrected chi connectivity index (χ2v) is 7.38. The van der Waals surface area contributed by atoms with E-state index in [1.54, 1.807) is 0 Å². The highest BCUT2D eigenvalue weighted by Gasteiger charge is 2.53. The van der Waals surface area contributed by atoms with Gasteiger partial charge in [-0.2, -0.15) is 0 Å². The van der Waals surface area contributed by atoms with Crippen molar-refractivity contribution in [2.45, 2.75) is 45.6 Å². The topological polar surface area (TPSA) is 29.5 Å². The summed E-state index contributed by atoms with van der Waals surface area (Å²) < 4.78 is 5.36. The number of halogens is 1. The quantitative estimate of drug-likeness (QED) is 0.732. The minimum Gasteiger partial charge on any atom is -0.444 e. The number of carbonyl (C=O) groups is 1. The molecule has 1 amide bonds. The Bertz CT molecular complexity index is 297. The first-order valence-electron chi connectivity index (χ1n) is 6.37. The van der Waals surface area contributed by atoms with Gasteiger partial charge < -0.3 is 9.64 Å². The zero-order valence-electron chi connectivity index (χ0n) is 11.0. The van der Waals surface area contributed by atoms with Gasteiger partial charge in [0.2, 0.25) is 0 Å². The van der Waals surface area contributed by atoms with Crippen LogP contribution in [0.5, 0.6) is 0 Å². The highest BCUT2D eigenvalue weighted by Crippen LogP contribution is 2.53. The van der Waals surface area contributed by atoms with E-state index in [9.17, 15) is 4.79 Å². The molecular weight excluding hydrogens is 282 g/mol. The summed E-state index contributed by atoms with van der Waals surface area (Å²) in [6, 6.07) is 0. The van der Waals surface area contributed by atoms with Crippen molar-refractivity contribution in [1.29, 1.82) is 0 Å². The molecule has 1 heterocycles. The molecule has 0 N–H and O–H groups in total. The van der Waals surface area contributed by atoms with Crippen molar-refractivity contribution < 1.29 is 9.53 Å². The largest absolute Gasteiger partial charge is 0.444 e. The second-order valence-electron chi connectivity index (χ2n) is 6.59. The molecular formula is C13H22BrNO2. The molecule has 0 aromatic heterocycles. The predicted octanol–water partition coefficient (Wildman–Crippen LogP) is 3.42. The summed E-state index contributed by atoms with van der Waals surface area (Å²) in [5, 5.41) is 1.10. The summed E-state index contributed by atoms with van der Waals surface area (Å²) in [6.45, 7) is 7.54. The molecule has 0 aromatic rings. The van der Waals surface area contributed by atoms with Gasteiger partial charge in [0.05, 0.1) is 0 Å². The van der Waals surface area contributed by atoms with E-state index in [1.165, 1.54) is 19.3 Å². The van der Waals surface area contributed by atoms with E-state index in [-0.39, 0.29) is 11.7 Å². The van der Waals surface area contributed by atoms with Gasteiger partial charge in [-0.3, -0.25) is 0 Å². The maximum atomic E-state index is 11.8. The van der Waals surface area contributed by atoms with E-state index in [2.05, 4.69) is 15.9 Å². The number of likely N-dealkylation sites (tertiary alicyclic amines) is 1. The summed E-state index contributed by atoms with van der Waals surface area (Å²) in [4.78, 5) is 13.6. The molecule has 1 saturated heterocycles. The van der Waals surface area contributed by atoms with E-state index in [0.717, 1.165) is 24.3 Å². The fraction of sp³-hybridized carbons (Fsp3) is 0.923. The van der Waals surface area contributed by atoms with E-state index in [0.29, 0.717) is 5.41 Å². The molecule has 0 bridgehead atoms. The normalized spacial score (nSPS) is 23.2. The van der Waals surface area contributed by atoms with Crippen LogP contribution in [0.25, 0.3) is 0 Å². The Hall–Kier alpha value is -0.250. The fourth-order valence-corrected chi connectivity index (χ4v) is 3.65. The van der Waals surface area contributed by atoms with Crippen LogP contribution in [0.4, 0.5) is 4.79 Å². The van der Waals surface area contributed by atoms with Gasteiger partial charge in [0.1, 0.15) is 5.60 Å². The predicted molar refractivity (Wildman–Crippen MR) is 71.4 cm³/mol. The van der Waals surface area contributed by atoms with Gasteiger partial charge in [0.25, 0.3) is 0 Å².